The predicted molar refractivity (Wildman–Crippen MR) is 147 cm³/mol. The van der Waals surface area contributed by atoms with E-state index in [1.54, 1.807) is 54.7 Å². The normalized spacial score (nSPS) is 18.2. The molecule has 3 aromatic heterocycles. The van der Waals surface area contributed by atoms with Crippen molar-refractivity contribution < 1.29 is 42.5 Å². The number of pyridine rings is 1. The number of nitrogens with one attached hydrogen (secondary N) is 2. The van der Waals surface area contributed by atoms with E-state index in [4.69, 9.17) is 19.4 Å². The van der Waals surface area contributed by atoms with Gasteiger partial charge >= 0.3 is 6.09 Å². The van der Waals surface area contributed by atoms with Gasteiger partial charge in [0.1, 0.15) is 23.4 Å². The first-order chi connectivity index (χ1) is 20.8. The molecule has 6 rings (SSSR count). The summed E-state index contributed by atoms with van der Waals surface area (Å²) >= 11 is 1.27. The number of carboxylic acid groups (broad SMARTS) is 1. The molecule has 1 saturated heterocycles. The van der Waals surface area contributed by atoms with Crippen LogP contribution in [0.25, 0.3) is 11.1 Å². The van der Waals surface area contributed by atoms with Crippen LogP contribution >= 0.6 is 11.8 Å². The Morgan fingerprint density at radius 3 is 2.74 bits per heavy atom. The number of furan rings is 1. The van der Waals surface area contributed by atoms with Crippen LogP contribution in [0, 0.1) is 0 Å². The number of carbonyl (C=O) groups excluding carboxylic acids is 4. The molecule has 2 atom stereocenters. The van der Waals surface area contributed by atoms with Crippen LogP contribution in [0.15, 0.2) is 92.5 Å². The zero-order valence-corrected chi connectivity index (χ0v) is 22.8. The lowest BCUT2D eigenvalue weighted by atomic mass is 10.0. The lowest BCUT2D eigenvalue weighted by Gasteiger charge is -2.50. The second kappa shape index (κ2) is 11.3. The van der Waals surface area contributed by atoms with Crippen LogP contribution in [0.2, 0.25) is 0 Å². The number of nitrogen functional groups attached to an aromatic ring is 1. The van der Waals surface area contributed by atoms with Crippen LogP contribution in [-0.4, -0.2) is 56.6 Å². The highest BCUT2D eigenvalue weighted by Crippen LogP contribution is 2.40. The monoisotopic (exact) mass is 603 g/mol. The van der Waals surface area contributed by atoms with Crippen molar-refractivity contribution in [3.63, 3.8) is 0 Å². The number of thioether (sulfide) groups is 1. The number of β-lactam (4-membered cyclic amide) rings is 1. The fourth-order valence-electron chi connectivity index (χ4n) is 4.69. The highest BCUT2D eigenvalue weighted by molar-refractivity contribution is 8.00. The number of benzene rings is 1. The maximum Gasteiger partial charge on any atom is 0.437 e. The number of anilines is 2. The summed E-state index contributed by atoms with van der Waals surface area (Å²) in [7, 11) is 0. The van der Waals surface area contributed by atoms with Crippen LogP contribution in [0.3, 0.4) is 0 Å². The largest absolute Gasteiger partial charge is 0.543 e. The third-order valence-corrected chi connectivity index (χ3v) is 7.94. The molecule has 2 aliphatic heterocycles. The molecule has 16 heteroatoms. The van der Waals surface area contributed by atoms with Gasteiger partial charge in [-0.2, -0.15) is 9.55 Å². The molecule has 0 saturated carbocycles. The zero-order chi connectivity index (χ0) is 30.1. The van der Waals surface area contributed by atoms with Gasteiger partial charge in [0.05, 0.1) is 17.9 Å². The summed E-state index contributed by atoms with van der Waals surface area (Å²) in [5.74, 6) is -2.88. The topological polar surface area (TPSA) is 209 Å². The molecule has 0 bridgehead atoms. The molecule has 15 nitrogen and oxygen atoms in total. The van der Waals surface area contributed by atoms with E-state index in [0.717, 1.165) is 16.7 Å². The summed E-state index contributed by atoms with van der Waals surface area (Å²) in [4.78, 5) is 60.7. The fourth-order valence-corrected chi connectivity index (χ4v) is 6.02. The number of para-hydroxylation sites is 1. The molecule has 4 aromatic rings. The Kier molecular flexibility index (Phi) is 7.25. The van der Waals surface area contributed by atoms with Gasteiger partial charge in [0.2, 0.25) is 0 Å². The molecule has 1 fully saturated rings. The second-order valence-electron chi connectivity index (χ2n) is 9.29. The molecule has 0 radical (unpaired) electrons. The molecular weight excluding hydrogens is 582 g/mol. The Morgan fingerprint density at radius 1 is 1.19 bits per heavy atom. The molecule has 218 valence electrons. The highest BCUT2D eigenvalue weighted by Gasteiger charge is 2.53. The summed E-state index contributed by atoms with van der Waals surface area (Å²) in [6.45, 7) is 0.174. The van der Waals surface area contributed by atoms with Gasteiger partial charge in [0, 0.05) is 29.1 Å². The Hall–Kier alpha value is -5.64. The Morgan fingerprint density at radius 2 is 2.00 bits per heavy atom. The molecule has 1 unspecified atom stereocenters. The molecule has 43 heavy (non-hydrogen) atoms. The van der Waals surface area contributed by atoms with Crippen LogP contribution in [0.4, 0.5) is 16.5 Å². The number of nitrogens with zero attached hydrogens (tertiary/aromatic N) is 4. The first-order valence-corrected chi connectivity index (χ1v) is 13.7. The standard InChI is InChI=1S/C27H21N7O8S/c28-26-30-16(12-41-26)19(32-42-27(39)29-15-5-2-1-3-6-15)22(35)31-20-23(36)34-21(25(37)38)14(13-43-24(20)34)11-33-9-4-7-18-17(33)8-10-40-18/h1-10,12,20,24H,11,13H2,(H4-,28,29,30,31,35,37,38,39)/t20?,24-/m0/s1. The van der Waals surface area contributed by atoms with Gasteiger partial charge in [0.25, 0.3) is 23.3 Å². The van der Waals surface area contributed by atoms with Gasteiger partial charge in [0.15, 0.2) is 24.0 Å². The number of amides is 3. The van der Waals surface area contributed by atoms with E-state index >= 15 is 0 Å². The van der Waals surface area contributed by atoms with Crippen molar-refractivity contribution in [2.75, 3.05) is 16.8 Å². The summed E-state index contributed by atoms with van der Waals surface area (Å²) in [5, 5.41) is 20.1. The van der Waals surface area contributed by atoms with Gasteiger partial charge in [-0.05, 0) is 18.2 Å². The van der Waals surface area contributed by atoms with Crippen molar-refractivity contribution in [3.8, 4) is 0 Å². The minimum atomic E-state index is -1.52. The SMILES string of the molecule is Nc1nc(C(=NOC(=O)Nc2ccccc2)C(=O)NC2C(=O)N3C(C(=O)[O-])=C(C[n+]4cccc5occc54)CS[C@@H]23)co1. The van der Waals surface area contributed by atoms with Gasteiger partial charge in [-0.15, -0.1) is 11.8 Å². The summed E-state index contributed by atoms with van der Waals surface area (Å²) in [5.41, 5.74) is 6.86. The third-order valence-electron chi connectivity index (χ3n) is 6.60. The van der Waals surface area contributed by atoms with Crippen LogP contribution in [0.5, 0.6) is 0 Å². The van der Waals surface area contributed by atoms with Crippen molar-refractivity contribution in [3.05, 3.63) is 84.2 Å². The van der Waals surface area contributed by atoms with Crippen molar-refractivity contribution >= 4 is 64.2 Å². The fraction of sp³-hybridized carbons (Fsp3) is 0.148. The maximum atomic E-state index is 13.3. The average Bonchev–Trinajstić information content (AvgIpc) is 3.66. The molecule has 0 spiro atoms. The van der Waals surface area contributed by atoms with Crippen LogP contribution in [0.1, 0.15) is 5.69 Å². The van der Waals surface area contributed by atoms with E-state index in [1.165, 1.54) is 18.0 Å². The van der Waals surface area contributed by atoms with Crippen molar-refractivity contribution in [2.24, 2.45) is 5.16 Å². The second-order valence-corrected chi connectivity index (χ2v) is 10.4. The summed E-state index contributed by atoms with van der Waals surface area (Å²) in [6, 6.07) is 12.3. The predicted octanol–water partition coefficient (Wildman–Crippen LogP) is 0.347. The van der Waals surface area contributed by atoms with Gasteiger partial charge in [-0.25, -0.2) is 4.79 Å². The molecule has 0 aliphatic carbocycles. The van der Waals surface area contributed by atoms with Crippen molar-refractivity contribution in [1.29, 1.82) is 0 Å². The summed E-state index contributed by atoms with van der Waals surface area (Å²) in [6.07, 6.45) is 3.33. The number of aromatic nitrogens is 2. The highest BCUT2D eigenvalue weighted by atomic mass is 32.2. The number of hydrogen-bond acceptors (Lipinski definition) is 12. The lowest BCUT2D eigenvalue weighted by Crippen LogP contribution is -2.71. The number of aliphatic carboxylic acids is 1. The molecular formula is C27H21N7O8S. The van der Waals surface area contributed by atoms with E-state index in [2.05, 4.69) is 20.8 Å². The molecule has 2 aliphatic rings. The number of nitrogens with two attached hydrogens (primary N) is 1. The first kappa shape index (κ1) is 27.5. The average molecular weight is 604 g/mol. The number of carboxylic acids is 1. The molecule has 5 heterocycles. The minimum absolute atomic E-state index is 0.162. The maximum absolute atomic E-state index is 13.3. The number of oxime groups is 1. The van der Waals surface area contributed by atoms with E-state index in [0.29, 0.717) is 16.8 Å². The first-order valence-electron chi connectivity index (χ1n) is 12.7. The van der Waals surface area contributed by atoms with Gasteiger partial charge in [-0.3, -0.25) is 24.6 Å². The lowest BCUT2D eigenvalue weighted by molar-refractivity contribution is -0.663. The van der Waals surface area contributed by atoms with E-state index in [-0.39, 0.29) is 29.7 Å². The van der Waals surface area contributed by atoms with Crippen LogP contribution < -0.4 is 26.0 Å². The van der Waals surface area contributed by atoms with Gasteiger partial charge < -0.3 is 29.8 Å². The number of rotatable bonds is 8. The molecule has 1 aromatic carbocycles. The Balaban J connectivity index is 1.19. The molecule has 4 N–H and O–H groups in total. The smallest absolute Gasteiger partial charge is 0.437 e. The number of oxazole rings is 1. The minimum Gasteiger partial charge on any atom is -0.543 e. The Labute approximate surface area is 246 Å². The molecule has 3 amide bonds. The zero-order valence-electron chi connectivity index (χ0n) is 22.0. The number of carbonyl (C=O) groups is 4. The van der Waals surface area contributed by atoms with Crippen molar-refractivity contribution in [2.45, 2.75) is 18.0 Å². The number of hydrogen-bond donors (Lipinski definition) is 3. The number of fused-ring (bicyclic) bond motifs is 2. The quantitative estimate of drug-likeness (QED) is 0.0822. The van der Waals surface area contributed by atoms with E-state index in [1.807, 2.05) is 4.57 Å². The van der Waals surface area contributed by atoms with E-state index in [9.17, 15) is 24.3 Å². The van der Waals surface area contributed by atoms with Gasteiger partial charge in [-0.1, -0.05) is 23.4 Å². The van der Waals surface area contributed by atoms with Crippen LogP contribution in [-0.2, 0) is 25.8 Å². The summed E-state index contributed by atoms with van der Waals surface area (Å²) < 4.78 is 12.2. The Bertz CT molecular complexity index is 1820. The van der Waals surface area contributed by atoms with E-state index < -0.39 is 41.0 Å². The third kappa shape index (κ3) is 5.38. The van der Waals surface area contributed by atoms with Crippen molar-refractivity contribution in [1.82, 2.24) is 15.2 Å².